The van der Waals surface area contributed by atoms with Crippen LogP contribution in [-0.4, -0.2) is 54.2 Å². The first-order valence-corrected chi connectivity index (χ1v) is 8.41. The number of para-hydroxylation sites is 2. The summed E-state index contributed by atoms with van der Waals surface area (Å²) in [6.07, 6.45) is 1.92. The Morgan fingerprint density at radius 3 is 2.58 bits per heavy atom. The van der Waals surface area contributed by atoms with E-state index in [0.717, 1.165) is 43.4 Å². The lowest BCUT2D eigenvalue weighted by atomic mass is 10.3. The summed E-state index contributed by atoms with van der Waals surface area (Å²) in [7, 11) is 2.15. The van der Waals surface area contributed by atoms with Crippen LogP contribution in [0, 0.1) is 0 Å². The molecule has 1 saturated heterocycles. The highest BCUT2D eigenvalue weighted by Gasteiger charge is 2.16. The van der Waals surface area contributed by atoms with E-state index in [4.69, 9.17) is 4.74 Å². The van der Waals surface area contributed by atoms with Crippen molar-refractivity contribution in [3.63, 3.8) is 0 Å². The van der Waals surface area contributed by atoms with Crippen LogP contribution in [0.3, 0.4) is 0 Å². The highest BCUT2D eigenvalue weighted by atomic mass is 16.5. The Morgan fingerprint density at radius 1 is 1.08 bits per heavy atom. The predicted octanol–water partition coefficient (Wildman–Crippen LogP) is 2.76. The fourth-order valence-corrected chi connectivity index (χ4v) is 2.67. The van der Waals surface area contributed by atoms with Gasteiger partial charge in [0.05, 0.1) is 11.8 Å². The van der Waals surface area contributed by atoms with Gasteiger partial charge in [0, 0.05) is 32.4 Å². The van der Waals surface area contributed by atoms with Gasteiger partial charge in [-0.15, -0.1) is 0 Å². The number of likely N-dealkylation sites (N-methyl/N-ethyl adjacent to an activating group) is 1. The van der Waals surface area contributed by atoms with E-state index in [1.54, 1.807) is 6.20 Å². The Hall–Kier alpha value is -2.34. The van der Waals surface area contributed by atoms with Crippen molar-refractivity contribution >= 4 is 17.5 Å². The molecule has 0 spiro atoms. The molecule has 1 aromatic carbocycles. The maximum absolute atomic E-state index is 5.84. The van der Waals surface area contributed by atoms with Crippen LogP contribution in [0.5, 0.6) is 5.75 Å². The Kier molecular flexibility index (Phi) is 5.15. The van der Waals surface area contributed by atoms with Crippen LogP contribution in [0.15, 0.2) is 36.5 Å². The molecule has 2 heterocycles. The third kappa shape index (κ3) is 4.14. The molecule has 1 aromatic heterocycles. The lowest BCUT2D eigenvalue weighted by Crippen LogP contribution is -2.44. The van der Waals surface area contributed by atoms with Gasteiger partial charge in [-0.05, 0) is 39.1 Å². The summed E-state index contributed by atoms with van der Waals surface area (Å²) in [6, 6.07) is 9.83. The van der Waals surface area contributed by atoms with Crippen molar-refractivity contribution in [1.29, 1.82) is 0 Å². The monoisotopic (exact) mass is 327 g/mol. The van der Waals surface area contributed by atoms with Gasteiger partial charge >= 0.3 is 0 Å². The van der Waals surface area contributed by atoms with Crippen molar-refractivity contribution in [3.05, 3.63) is 36.5 Å². The molecule has 0 atom stereocenters. The number of hydrogen-bond donors (Lipinski definition) is 1. The Bertz CT molecular complexity index is 668. The maximum atomic E-state index is 5.84. The van der Waals surface area contributed by atoms with Crippen LogP contribution in [0.4, 0.5) is 17.5 Å². The van der Waals surface area contributed by atoms with Gasteiger partial charge in [0.25, 0.3) is 0 Å². The van der Waals surface area contributed by atoms with Gasteiger partial charge in [-0.25, -0.2) is 4.98 Å². The molecule has 6 heteroatoms. The maximum Gasteiger partial charge on any atom is 0.229 e. The van der Waals surface area contributed by atoms with E-state index in [-0.39, 0.29) is 6.10 Å². The molecule has 2 aromatic rings. The van der Waals surface area contributed by atoms with Gasteiger partial charge in [0.15, 0.2) is 0 Å². The molecular weight excluding hydrogens is 302 g/mol. The average Bonchev–Trinajstić information content (AvgIpc) is 2.57. The van der Waals surface area contributed by atoms with Crippen molar-refractivity contribution in [1.82, 2.24) is 14.9 Å². The van der Waals surface area contributed by atoms with Crippen LogP contribution in [0.1, 0.15) is 13.8 Å². The summed E-state index contributed by atoms with van der Waals surface area (Å²) >= 11 is 0. The largest absolute Gasteiger partial charge is 0.489 e. The van der Waals surface area contributed by atoms with Gasteiger partial charge < -0.3 is 19.9 Å². The van der Waals surface area contributed by atoms with Gasteiger partial charge in [-0.2, -0.15) is 4.98 Å². The van der Waals surface area contributed by atoms with Gasteiger partial charge in [0.1, 0.15) is 11.6 Å². The molecule has 128 valence electrons. The Labute approximate surface area is 143 Å². The molecule has 0 saturated carbocycles. The fourth-order valence-electron chi connectivity index (χ4n) is 2.67. The molecule has 1 aliphatic heterocycles. The van der Waals surface area contributed by atoms with Crippen molar-refractivity contribution in [2.24, 2.45) is 0 Å². The van der Waals surface area contributed by atoms with Crippen LogP contribution >= 0.6 is 0 Å². The summed E-state index contributed by atoms with van der Waals surface area (Å²) < 4.78 is 5.84. The molecule has 1 N–H and O–H groups in total. The zero-order chi connectivity index (χ0) is 16.9. The summed E-state index contributed by atoms with van der Waals surface area (Å²) in [5.74, 6) is 2.36. The van der Waals surface area contributed by atoms with Gasteiger partial charge in [-0.3, -0.25) is 0 Å². The number of ether oxygens (including phenoxy) is 1. The first-order valence-electron chi connectivity index (χ1n) is 8.41. The van der Waals surface area contributed by atoms with Gasteiger partial charge in [0.2, 0.25) is 5.95 Å². The number of aromatic nitrogens is 2. The van der Waals surface area contributed by atoms with Gasteiger partial charge in [-0.1, -0.05) is 12.1 Å². The van der Waals surface area contributed by atoms with E-state index in [9.17, 15) is 0 Å². The van der Waals surface area contributed by atoms with E-state index in [1.165, 1.54) is 0 Å². The second kappa shape index (κ2) is 7.49. The molecule has 0 unspecified atom stereocenters. The van der Waals surface area contributed by atoms with E-state index >= 15 is 0 Å². The van der Waals surface area contributed by atoms with Crippen molar-refractivity contribution in [2.75, 3.05) is 43.4 Å². The molecule has 0 bridgehead atoms. The minimum Gasteiger partial charge on any atom is -0.489 e. The third-order valence-electron chi connectivity index (χ3n) is 3.96. The summed E-state index contributed by atoms with van der Waals surface area (Å²) in [4.78, 5) is 13.6. The molecule has 0 radical (unpaired) electrons. The molecule has 1 fully saturated rings. The van der Waals surface area contributed by atoms with Crippen LogP contribution in [-0.2, 0) is 0 Å². The number of nitrogens with zero attached hydrogens (tertiary/aromatic N) is 4. The lowest BCUT2D eigenvalue weighted by molar-refractivity contribution is 0.244. The zero-order valence-corrected chi connectivity index (χ0v) is 14.6. The third-order valence-corrected chi connectivity index (χ3v) is 3.96. The van der Waals surface area contributed by atoms with E-state index in [2.05, 4.69) is 32.1 Å². The van der Waals surface area contributed by atoms with Crippen LogP contribution < -0.4 is 15.0 Å². The highest BCUT2D eigenvalue weighted by Crippen LogP contribution is 2.27. The molecule has 0 amide bonds. The standard InChI is InChI=1S/C18H25N5O/c1-14(2)24-16-7-5-4-6-15(16)20-18-19-9-8-17(21-18)23-12-10-22(3)11-13-23/h4-9,14H,10-13H2,1-3H3,(H,19,20,21). The topological polar surface area (TPSA) is 53.5 Å². The zero-order valence-electron chi connectivity index (χ0n) is 14.6. The Morgan fingerprint density at radius 2 is 1.83 bits per heavy atom. The number of nitrogens with one attached hydrogen (secondary N) is 1. The Balaban J connectivity index is 1.75. The minimum atomic E-state index is 0.116. The lowest BCUT2D eigenvalue weighted by Gasteiger charge is -2.33. The number of hydrogen-bond acceptors (Lipinski definition) is 6. The van der Waals surface area contributed by atoms with Crippen molar-refractivity contribution in [3.8, 4) is 5.75 Å². The quantitative estimate of drug-likeness (QED) is 0.911. The van der Waals surface area contributed by atoms with Crippen molar-refractivity contribution < 1.29 is 4.74 Å². The molecular formula is C18H25N5O. The smallest absolute Gasteiger partial charge is 0.229 e. The van der Waals surface area contributed by atoms with Crippen LogP contribution in [0.25, 0.3) is 0 Å². The second-order valence-corrected chi connectivity index (χ2v) is 6.32. The number of anilines is 3. The first kappa shape index (κ1) is 16.5. The normalized spacial score (nSPS) is 15.6. The predicted molar refractivity (Wildman–Crippen MR) is 97.2 cm³/mol. The molecule has 6 nitrogen and oxygen atoms in total. The summed E-state index contributed by atoms with van der Waals surface area (Å²) in [5, 5.41) is 3.28. The number of rotatable bonds is 5. The summed E-state index contributed by atoms with van der Waals surface area (Å²) in [6.45, 7) is 8.11. The van der Waals surface area contributed by atoms with Crippen molar-refractivity contribution in [2.45, 2.75) is 20.0 Å². The van der Waals surface area contributed by atoms with Crippen LogP contribution in [0.2, 0.25) is 0 Å². The highest BCUT2D eigenvalue weighted by molar-refractivity contribution is 5.63. The molecule has 1 aliphatic rings. The summed E-state index contributed by atoms with van der Waals surface area (Å²) in [5.41, 5.74) is 0.877. The fraction of sp³-hybridized carbons (Fsp3) is 0.444. The second-order valence-electron chi connectivity index (χ2n) is 6.32. The molecule has 0 aliphatic carbocycles. The average molecular weight is 327 g/mol. The number of benzene rings is 1. The first-order chi connectivity index (χ1) is 11.6. The molecule has 24 heavy (non-hydrogen) atoms. The molecule has 3 rings (SSSR count). The SMILES string of the molecule is CC(C)Oc1ccccc1Nc1nccc(N2CCN(C)CC2)n1. The van der Waals surface area contributed by atoms with E-state index < -0.39 is 0 Å². The number of piperazine rings is 1. The minimum absolute atomic E-state index is 0.116. The van der Waals surface area contributed by atoms with E-state index in [0.29, 0.717) is 5.95 Å². The van der Waals surface area contributed by atoms with E-state index in [1.807, 2.05) is 44.2 Å².